The van der Waals surface area contributed by atoms with Crippen molar-refractivity contribution >= 4 is 8.72 Å². The Kier molecular flexibility index (Phi) is 4.47. The highest BCUT2D eigenvalue weighted by atomic mass is 28.4. The maximum atomic E-state index is 5.60. The van der Waals surface area contributed by atoms with E-state index in [2.05, 4.69) is 16.7 Å². The fraction of sp³-hybridized carbons (Fsp3) is 0.455. The van der Waals surface area contributed by atoms with Crippen LogP contribution in [-0.2, 0) is 14.9 Å². The molecule has 1 aromatic carbocycles. The van der Waals surface area contributed by atoms with Gasteiger partial charge >= 0.3 is 8.72 Å². The Morgan fingerprint density at radius 1 is 1.07 bits per heavy atom. The monoisotopic (exact) mass is 225 g/mol. The predicted octanol–water partition coefficient (Wildman–Crippen LogP) is 1.56. The number of benzene rings is 1. The van der Waals surface area contributed by atoms with E-state index in [-0.39, 0.29) is 0 Å². The van der Waals surface area contributed by atoms with E-state index in [0.29, 0.717) is 0 Å². The summed E-state index contributed by atoms with van der Waals surface area (Å²) in [6, 6.07) is 11.1. The van der Waals surface area contributed by atoms with Gasteiger partial charge in [0.05, 0.1) is 0 Å². The lowest BCUT2D eigenvalue weighted by Crippen LogP contribution is -2.56. The van der Waals surface area contributed by atoms with E-state index >= 15 is 0 Å². The second-order valence-electron chi connectivity index (χ2n) is 3.68. The largest absolute Gasteiger partial charge is 0.431 e. The molecule has 0 saturated heterocycles. The van der Waals surface area contributed by atoms with E-state index in [9.17, 15) is 0 Å². The average molecular weight is 225 g/mol. The minimum atomic E-state index is -2.23. The Labute approximate surface area is 93.0 Å². The summed E-state index contributed by atoms with van der Waals surface area (Å²) in [6.45, 7) is 0. The Bertz CT molecular complexity index is 286. The highest BCUT2D eigenvalue weighted by molar-refractivity contribution is 6.63. The first-order valence-corrected chi connectivity index (χ1v) is 6.93. The Balaban J connectivity index is 2.84. The van der Waals surface area contributed by atoms with Gasteiger partial charge in [-0.3, -0.25) is 4.57 Å². The quantitative estimate of drug-likeness (QED) is 0.710. The SMILES string of the molecule is CO[Si](Cc1ccccc1)(OC)N(C)C. The molecule has 1 aromatic rings. The van der Waals surface area contributed by atoms with Crippen molar-refractivity contribution in [1.82, 2.24) is 4.57 Å². The number of hydrogen-bond acceptors (Lipinski definition) is 3. The zero-order chi connectivity index (χ0) is 11.3. The predicted molar refractivity (Wildman–Crippen MR) is 63.6 cm³/mol. The molecule has 0 unspecified atom stereocenters. The van der Waals surface area contributed by atoms with Gasteiger partial charge in [-0.05, 0) is 19.7 Å². The van der Waals surface area contributed by atoms with Gasteiger partial charge in [0.2, 0.25) is 0 Å². The summed E-state index contributed by atoms with van der Waals surface area (Å²) in [6.07, 6.45) is 0. The van der Waals surface area contributed by atoms with Gasteiger partial charge in [0.15, 0.2) is 0 Å². The van der Waals surface area contributed by atoms with Crippen molar-refractivity contribution < 1.29 is 8.85 Å². The molecule has 0 saturated carbocycles. The molecule has 0 aliphatic carbocycles. The molecule has 0 aliphatic rings. The zero-order valence-corrected chi connectivity index (χ0v) is 10.9. The van der Waals surface area contributed by atoms with Crippen molar-refractivity contribution in [3.05, 3.63) is 35.9 Å². The minimum absolute atomic E-state index is 0.841. The van der Waals surface area contributed by atoms with Gasteiger partial charge in [0.25, 0.3) is 0 Å². The average Bonchev–Trinajstić information content (AvgIpc) is 2.27. The normalized spacial score (nSPS) is 12.1. The Morgan fingerprint density at radius 3 is 2.00 bits per heavy atom. The van der Waals surface area contributed by atoms with Gasteiger partial charge in [-0.2, -0.15) is 0 Å². The van der Waals surface area contributed by atoms with Crippen molar-refractivity contribution in [2.75, 3.05) is 28.3 Å². The lowest BCUT2D eigenvalue weighted by Gasteiger charge is -2.32. The van der Waals surface area contributed by atoms with E-state index < -0.39 is 8.72 Å². The molecule has 15 heavy (non-hydrogen) atoms. The Morgan fingerprint density at radius 2 is 1.60 bits per heavy atom. The molecule has 0 heterocycles. The zero-order valence-electron chi connectivity index (χ0n) is 9.86. The molecule has 4 heteroatoms. The van der Waals surface area contributed by atoms with E-state index in [1.807, 2.05) is 32.3 Å². The summed E-state index contributed by atoms with van der Waals surface area (Å²) in [4.78, 5) is 0. The summed E-state index contributed by atoms with van der Waals surface area (Å²) < 4.78 is 13.3. The van der Waals surface area contributed by atoms with Crippen LogP contribution in [0.2, 0.25) is 0 Å². The topological polar surface area (TPSA) is 21.7 Å². The summed E-state index contributed by atoms with van der Waals surface area (Å²) in [5.41, 5.74) is 1.25. The Hall–Kier alpha value is -0.683. The van der Waals surface area contributed by atoms with E-state index in [1.54, 1.807) is 14.2 Å². The fourth-order valence-corrected chi connectivity index (χ4v) is 3.86. The first-order chi connectivity index (χ1) is 7.14. The molecule has 0 atom stereocenters. The van der Waals surface area contributed by atoms with Crippen molar-refractivity contribution in [1.29, 1.82) is 0 Å². The van der Waals surface area contributed by atoms with Gasteiger partial charge in [0.1, 0.15) is 0 Å². The van der Waals surface area contributed by atoms with Crippen LogP contribution in [0.1, 0.15) is 5.56 Å². The van der Waals surface area contributed by atoms with Crippen LogP contribution in [-0.4, -0.2) is 41.6 Å². The second-order valence-corrected chi connectivity index (χ2v) is 7.17. The lowest BCUT2D eigenvalue weighted by molar-refractivity contribution is 0.186. The third kappa shape index (κ3) is 2.88. The van der Waals surface area contributed by atoms with Gasteiger partial charge in [0, 0.05) is 20.3 Å². The highest BCUT2D eigenvalue weighted by Crippen LogP contribution is 2.15. The maximum Gasteiger partial charge on any atom is 0.431 e. The van der Waals surface area contributed by atoms with Crippen LogP contribution in [0.25, 0.3) is 0 Å². The van der Waals surface area contributed by atoms with Gasteiger partial charge in [-0.1, -0.05) is 30.3 Å². The summed E-state index contributed by atoms with van der Waals surface area (Å²) in [5.74, 6) is 0. The first-order valence-electron chi connectivity index (χ1n) is 4.96. The third-order valence-corrected chi connectivity index (χ3v) is 6.08. The number of rotatable bonds is 5. The first kappa shape index (κ1) is 12.4. The van der Waals surface area contributed by atoms with Crippen LogP contribution in [0.3, 0.4) is 0 Å². The van der Waals surface area contributed by atoms with Crippen LogP contribution >= 0.6 is 0 Å². The molecule has 0 spiro atoms. The van der Waals surface area contributed by atoms with Crippen molar-refractivity contribution in [3.63, 3.8) is 0 Å². The molecular formula is C11H19NO2Si. The molecule has 0 aliphatic heterocycles. The molecular weight excluding hydrogens is 206 g/mol. The van der Waals surface area contributed by atoms with Crippen molar-refractivity contribution in [2.24, 2.45) is 0 Å². The molecule has 3 nitrogen and oxygen atoms in total. The molecule has 0 amide bonds. The number of hydrogen-bond donors (Lipinski definition) is 0. The molecule has 0 aromatic heterocycles. The highest BCUT2D eigenvalue weighted by Gasteiger charge is 2.39. The van der Waals surface area contributed by atoms with Gasteiger partial charge in [-0.25, -0.2) is 0 Å². The summed E-state index contributed by atoms with van der Waals surface area (Å²) in [7, 11) is 5.22. The van der Waals surface area contributed by atoms with Crippen LogP contribution in [0.4, 0.5) is 0 Å². The second kappa shape index (κ2) is 5.41. The number of nitrogens with zero attached hydrogens (tertiary/aromatic N) is 1. The van der Waals surface area contributed by atoms with E-state index in [4.69, 9.17) is 8.85 Å². The van der Waals surface area contributed by atoms with Gasteiger partial charge in [-0.15, -0.1) is 0 Å². The molecule has 1 rings (SSSR count). The minimum Gasteiger partial charge on any atom is -0.386 e. The standard InChI is InChI=1S/C11H19NO2Si/c1-12(2)15(13-3,14-4)10-11-8-6-5-7-9-11/h5-9H,10H2,1-4H3. The van der Waals surface area contributed by atoms with Crippen LogP contribution < -0.4 is 0 Å². The van der Waals surface area contributed by atoms with Crippen LogP contribution in [0, 0.1) is 0 Å². The molecule has 84 valence electrons. The van der Waals surface area contributed by atoms with E-state index in [0.717, 1.165) is 6.04 Å². The van der Waals surface area contributed by atoms with Crippen molar-refractivity contribution in [3.8, 4) is 0 Å². The van der Waals surface area contributed by atoms with Gasteiger partial charge < -0.3 is 8.85 Å². The molecule has 0 bridgehead atoms. The van der Waals surface area contributed by atoms with E-state index in [1.165, 1.54) is 5.56 Å². The smallest absolute Gasteiger partial charge is 0.386 e. The maximum absolute atomic E-state index is 5.60. The lowest BCUT2D eigenvalue weighted by atomic mass is 10.2. The third-order valence-electron chi connectivity index (χ3n) is 2.59. The van der Waals surface area contributed by atoms with Crippen LogP contribution in [0.5, 0.6) is 0 Å². The van der Waals surface area contributed by atoms with Crippen LogP contribution in [0.15, 0.2) is 30.3 Å². The fourth-order valence-electron chi connectivity index (χ4n) is 1.60. The summed E-state index contributed by atoms with van der Waals surface area (Å²) in [5, 5.41) is 0. The molecule has 0 radical (unpaired) electrons. The molecule has 0 fully saturated rings. The van der Waals surface area contributed by atoms with Crippen molar-refractivity contribution in [2.45, 2.75) is 6.04 Å². The summed E-state index contributed by atoms with van der Waals surface area (Å²) >= 11 is 0. The molecule has 0 N–H and O–H groups in total.